The fraction of sp³-hybridized carbons (Fsp3) is 0.467. The van der Waals surface area contributed by atoms with Gasteiger partial charge in [-0.05, 0) is 24.5 Å². The molecule has 0 saturated carbocycles. The van der Waals surface area contributed by atoms with E-state index in [0.717, 1.165) is 6.42 Å². The molecule has 1 aromatic carbocycles. The van der Waals surface area contributed by atoms with Crippen LogP contribution in [0.3, 0.4) is 0 Å². The molecule has 0 saturated heterocycles. The highest BCUT2D eigenvalue weighted by atomic mass is 16.7. The van der Waals surface area contributed by atoms with Gasteiger partial charge >= 0.3 is 0 Å². The van der Waals surface area contributed by atoms with Crippen LogP contribution >= 0.6 is 0 Å². The summed E-state index contributed by atoms with van der Waals surface area (Å²) >= 11 is 0. The second kappa shape index (κ2) is 6.97. The number of benzene rings is 1. The fourth-order valence-corrected chi connectivity index (χ4v) is 1.89. The van der Waals surface area contributed by atoms with E-state index in [1.54, 1.807) is 18.2 Å². The molecule has 0 aliphatic carbocycles. The summed E-state index contributed by atoms with van der Waals surface area (Å²) in [6, 6.07) is 5.11. The Morgan fingerprint density at radius 2 is 1.95 bits per heavy atom. The van der Waals surface area contributed by atoms with Crippen molar-refractivity contribution in [2.75, 3.05) is 18.7 Å². The molecule has 114 valence electrons. The van der Waals surface area contributed by atoms with Crippen LogP contribution in [0, 0.1) is 5.92 Å². The molecule has 1 heterocycles. The highest BCUT2D eigenvalue weighted by Gasteiger charge is 2.15. The van der Waals surface area contributed by atoms with Crippen LogP contribution in [0.4, 0.5) is 5.69 Å². The Bertz CT molecular complexity index is 528. The first kappa shape index (κ1) is 15.2. The zero-order chi connectivity index (χ0) is 15.2. The molecule has 0 aromatic heterocycles. The summed E-state index contributed by atoms with van der Waals surface area (Å²) in [5, 5.41) is 5.39. The molecule has 0 fully saturated rings. The molecule has 0 bridgehead atoms. The van der Waals surface area contributed by atoms with E-state index in [4.69, 9.17) is 9.47 Å². The van der Waals surface area contributed by atoms with Crippen LogP contribution < -0.4 is 20.1 Å². The highest BCUT2D eigenvalue weighted by Crippen LogP contribution is 2.34. The molecule has 0 atom stereocenters. The van der Waals surface area contributed by atoms with Gasteiger partial charge in [0, 0.05) is 18.3 Å². The van der Waals surface area contributed by atoms with Gasteiger partial charge in [-0.15, -0.1) is 0 Å². The van der Waals surface area contributed by atoms with E-state index >= 15 is 0 Å². The second-order valence-electron chi connectivity index (χ2n) is 5.33. The van der Waals surface area contributed by atoms with Crippen molar-refractivity contribution in [1.29, 1.82) is 0 Å². The number of ether oxygens (including phenoxy) is 2. The molecule has 2 amide bonds. The number of nitrogens with one attached hydrogen (secondary N) is 2. The van der Waals surface area contributed by atoms with Crippen molar-refractivity contribution in [2.45, 2.75) is 26.7 Å². The third-order valence-corrected chi connectivity index (χ3v) is 3.02. The van der Waals surface area contributed by atoms with Crippen LogP contribution in [0.15, 0.2) is 18.2 Å². The lowest BCUT2D eigenvalue weighted by Crippen LogP contribution is -2.29. The molecule has 0 unspecified atom stereocenters. The van der Waals surface area contributed by atoms with E-state index in [9.17, 15) is 9.59 Å². The monoisotopic (exact) mass is 292 g/mol. The summed E-state index contributed by atoms with van der Waals surface area (Å²) in [4.78, 5) is 23.4. The lowest BCUT2D eigenvalue weighted by Gasteiger charge is -2.08. The number of hydrogen-bond acceptors (Lipinski definition) is 4. The van der Waals surface area contributed by atoms with Crippen LogP contribution in [0.1, 0.15) is 26.7 Å². The Hall–Kier alpha value is -2.24. The molecule has 6 nitrogen and oxygen atoms in total. The summed E-state index contributed by atoms with van der Waals surface area (Å²) in [6.45, 7) is 4.94. The molecule has 1 aromatic rings. The average Bonchev–Trinajstić information content (AvgIpc) is 2.85. The predicted octanol–water partition coefficient (Wildman–Crippen LogP) is 1.91. The smallest absolute Gasteiger partial charge is 0.233 e. The van der Waals surface area contributed by atoms with E-state index in [0.29, 0.717) is 29.6 Å². The van der Waals surface area contributed by atoms with Gasteiger partial charge in [-0.2, -0.15) is 0 Å². The van der Waals surface area contributed by atoms with E-state index in [1.165, 1.54) is 0 Å². The number of carbonyl (C=O) groups is 2. The maximum atomic E-state index is 11.8. The maximum absolute atomic E-state index is 11.8. The summed E-state index contributed by atoms with van der Waals surface area (Å²) in [5.74, 6) is 1.14. The Kier molecular flexibility index (Phi) is 5.03. The topological polar surface area (TPSA) is 76.7 Å². The summed E-state index contributed by atoms with van der Waals surface area (Å²) in [5.41, 5.74) is 0.583. The molecule has 2 rings (SSSR count). The number of amides is 2. The number of carbonyl (C=O) groups excluding carboxylic acids is 2. The van der Waals surface area contributed by atoms with Crippen LogP contribution in [0.25, 0.3) is 0 Å². The lowest BCUT2D eigenvalue weighted by atomic mass is 10.1. The van der Waals surface area contributed by atoms with Gasteiger partial charge in [-0.25, -0.2) is 0 Å². The zero-order valence-corrected chi connectivity index (χ0v) is 12.3. The highest BCUT2D eigenvalue weighted by molar-refractivity contribution is 6.03. The summed E-state index contributed by atoms with van der Waals surface area (Å²) in [7, 11) is 0. The van der Waals surface area contributed by atoms with Crippen molar-refractivity contribution in [3.63, 3.8) is 0 Å². The molecule has 1 aliphatic heterocycles. The van der Waals surface area contributed by atoms with Crippen LogP contribution in [-0.2, 0) is 9.59 Å². The predicted molar refractivity (Wildman–Crippen MR) is 78.3 cm³/mol. The van der Waals surface area contributed by atoms with Gasteiger partial charge in [0.1, 0.15) is 6.42 Å². The van der Waals surface area contributed by atoms with Crippen molar-refractivity contribution in [3.8, 4) is 11.5 Å². The number of anilines is 1. The molecular weight excluding hydrogens is 272 g/mol. The van der Waals surface area contributed by atoms with Gasteiger partial charge in [-0.1, -0.05) is 13.8 Å². The summed E-state index contributed by atoms with van der Waals surface area (Å²) < 4.78 is 10.4. The van der Waals surface area contributed by atoms with Gasteiger partial charge in [0.15, 0.2) is 11.5 Å². The van der Waals surface area contributed by atoms with Gasteiger partial charge in [0.25, 0.3) is 0 Å². The minimum absolute atomic E-state index is 0.186. The number of hydrogen-bond donors (Lipinski definition) is 2. The van der Waals surface area contributed by atoms with E-state index < -0.39 is 0 Å². The maximum Gasteiger partial charge on any atom is 0.233 e. The SMILES string of the molecule is CC(C)CCNC(=O)CC(=O)Nc1ccc2c(c1)OCO2. The molecule has 1 aliphatic rings. The Morgan fingerprint density at radius 3 is 2.71 bits per heavy atom. The van der Waals surface area contributed by atoms with Crippen molar-refractivity contribution in [2.24, 2.45) is 5.92 Å². The van der Waals surface area contributed by atoms with Crippen molar-refractivity contribution < 1.29 is 19.1 Å². The van der Waals surface area contributed by atoms with Gasteiger partial charge in [0.2, 0.25) is 18.6 Å². The molecular formula is C15H20N2O4. The number of fused-ring (bicyclic) bond motifs is 1. The van der Waals surface area contributed by atoms with Crippen LogP contribution in [-0.4, -0.2) is 25.2 Å². The molecule has 6 heteroatoms. The largest absolute Gasteiger partial charge is 0.454 e. The third kappa shape index (κ3) is 4.66. The van der Waals surface area contributed by atoms with E-state index in [-0.39, 0.29) is 25.0 Å². The Morgan fingerprint density at radius 1 is 1.19 bits per heavy atom. The Balaban J connectivity index is 1.77. The van der Waals surface area contributed by atoms with Gasteiger partial charge in [0.05, 0.1) is 0 Å². The van der Waals surface area contributed by atoms with Crippen LogP contribution in [0.2, 0.25) is 0 Å². The second-order valence-corrected chi connectivity index (χ2v) is 5.33. The lowest BCUT2D eigenvalue weighted by molar-refractivity contribution is -0.126. The average molecular weight is 292 g/mol. The molecule has 0 radical (unpaired) electrons. The zero-order valence-electron chi connectivity index (χ0n) is 12.3. The standard InChI is InChI=1S/C15H20N2O4/c1-10(2)5-6-16-14(18)8-15(19)17-11-3-4-12-13(7-11)21-9-20-12/h3-4,7,10H,5-6,8-9H2,1-2H3,(H,16,18)(H,17,19). The molecule has 2 N–H and O–H groups in total. The first-order valence-corrected chi connectivity index (χ1v) is 7.01. The minimum Gasteiger partial charge on any atom is -0.454 e. The third-order valence-electron chi connectivity index (χ3n) is 3.02. The van der Waals surface area contributed by atoms with Gasteiger partial charge in [-0.3, -0.25) is 9.59 Å². The molecule has 0 spiro atoms. The van der Waals surface area contributed by atoms with Crippen molar-refractivity contribution >= 4 is 17.5 Å². The fourth-order valence-electron chi connectivity index (χ4n) is 1.89. The first-order valence-electron chi connectivity index (χ1n) is 7.01. The van der Waals surface area contributed by atoms with Crippen LogP contribution in [0.5, 0.6) is 11.5 Å². The van der Waals surface area contributed by atoms with E-state index in [2.05, 4.69) is 24.5 Å². The van der Waals surface area contributed by atoms with Crippen molar-refractivity contribution in [3.05, 3.63) is 18.2 Å². The summed E-state index contributed by atoms with van der Waals surface area (Å²) in [6.07, 6.45) is 0.710. The normalized spacial score (nSPS) is 12.3. The molecule has 21 heavy (non-hydrogen) atoms. The van der Waals surface area contributed by atoms with Crippen molar-refractivity contribution in [1.82, 2.24) is 5.32 Å². The minimum atomic E-state index is -0.351. The number of rotatable bonds is 6. The quantitative estimate of drug-likeness (QED) is 0.785. The Labute approximate surface area is 123 Å². The van der Waals surface area contributed by atoms with Gasteiger partial charge < -0.3 is 20.1 Å². The first-order chi connectivity index (χ1) is 10.0. The van der Waals surface area contributed by atoms with E-state index in [1.807, 2.05) is 0 Å².